The molecule has 0 N–H and O–H groups in total. The van der Waals surface area contributed by atoms with Crippen LogP contribution in [-0.4, -0.2) is 30.9 Å². The molecular formula is C17H30O5. The van der Waals surface area contributed by atoms with Crippen molar-refractivity contribution in [1.29, 1.82) is 0 Å². The Morgan fingerprint density at radius 2 is 1.95 bits per heavy atom. The largest absolute Gasteiger partial charge is 0.508 e. The molecule has 1 fully saturated rings. The van der Waals surface area contributed by atoms with Crippen LogP contribution in [0.5, 0.6) is 0 Å². The van der Waals surface area contributed by atoms with E-state index in [-0.39, 0.29) is 29.0 Å². The van der Waals surface area contributed by atoms with E-state index in [2.05, 4.69) is 13.8 Å². The quantitative estimate of drug-likeness (QED) is 0.546. The Hall–Kier alpha value is -1.26. The highest BCUT2D eigenvalue weighted by atomic mass is 16.7. The number of hydrogen-bond donors (Lipinski definition) is 0. The van der Waals surface area contributed by atoms with Crippen molar-refractivity contribution in [3.63, 3.8) is 0 Å². The third-order valence-corrected chi connectivity index (χ3v) is 4.43. The molecule has 5 nitrogen and oxygen atoms in total. The van der Waals surface area contributed by atoms with Crippen LogP contribution >= 0.6 is 0 Å². The van der Waals surface area contributed by atoms with E-state index in [1.165, 1.54) is 0 Å². The van der Waals surface area contributed by atoms with Crippen molar-refractivity contribution in [1.82, 2.24) is 0 Å². The molecule has 22 heavy (non-hydrogen) atoms. The van der Waals surface area contributed by atoms with Crippen LogP contribution in [0.15, 0.2) is 0 Å². The van der Waals surface area contributed by atoms with Gasteiger partial charge in [0.25, 0.3) is 0 Å². The summed E-state index contributed by atoms with van der Waals surface area (Å²) >= 11 is 0. The summed E-state index contributed by atoms with van der Waals surface area (Å²) in [5.41, 5.74) is -0.203. The van der Waals surface area contributed by atoms with Gasteiger partial charge in [-0.3, -0.25) is 4.79 Å². The Kier molecular flexibility index (Phi) is 6.27. The zero-order valence-corrected chi connectivity index (χ0v) is 14.7. The topological polar surface area (TPSA) is 61.8 Å². The van der Waals surface area contributed by atoms with E-state index in [1.54, 1.807) is 0 Å². The number of hydrogen-bond acceptors (Lipinski definition) is 5. The molecule has 0 aliphatic carbocycles. The van der Waals surface area contributed by atoms with Gasteiger partial charge in [0.15, 0.2) is 0 Å². The minimum Gasteiger partial charge on any atom is -0.462 e. The molecule has 1 saturated heterocycles. The first-order chi connectivity index (χ1) is 10.0. The Labute approximate surface area is 133 Å². The number of rotatable bonds is 6. The SMILES string of the molecule is CC(OC(=O)OCCCC(C)(C)[C@H]1CCC(=O)O1)C(C)(C)C. The van der Waals surface area contributed by atoms with E-state index in [0.29, 0.717) is 13.0 Å². The summed E-state index contributed by atoms with van der Waals surface area (Å²) in [5.74, 6) is -0.117. The molecule has 1 aliphatic rings. The summed E-state index contributed by atoms with van der Waals surface area (Å²) < 4.78 is 15.7. The van der Waals surface area contributed by atoms with E-state index < -0.39 is 6.16 Å². The predicted octanol–water partition coefficient (Wildman–Crippen LogP) is 4.09. The molecule has 1 heterocycles. The highest BCUT2D eigenvalue weighted by Crippen LogP contribution is 2.35. The molecule has 128 valence electrons. The molecule has 1 aliphatic heterocycles. The van der Waals surface area contributed by atoms with Gasteiger partial charge in [-0.1, -0.05) is 34.6 Å². The number of carbonyl (C=O) groups excluding carboxylic acids is 2. The first kappa shape index (κ1) is 18.8. The standard InChI is InChI=1S/C17H30O5/c1-12(16(2,3)4)21-15(19)20-11-7-10-17(5,6)13-8-9-14(18)22-13/h12-13H,7-11H2,1-6H3/t12?,13-/m1/s1. The van der Waals surface area contributed by atoms with Crippen molar-refractivity contribution < 1.29 is 23.8 Å². The van der Waals surface area contributed by atoms with Crippen molar-refractivity contribution in [2.75, 3.05) is 6.61 Å². The number of ether oxygens (including phenoxy) is 3. The van der Waals surface area contributed by atoms with Gasteiger partial charge in [0.2, 0.25) is 0 Å². The van der Waals surface area contributed by atoms with Gasteiger partial charge in [-0.25, -0.2) is 4.79 Å². The van der Waals surface area contributed by atoms with Crippen molar-refractivity contribution in [2.45, 2.75) is 79.4 Å². The molecule has 5 heteroatoms. The van der Waals surface area contributed by atoms with Gasteiger partial charge in [0.1, 0.15) is 12.2 Å². The van der Waals surface area contributed by atoms with Crippen molar-refractivity contribution in [2.24, 2.45) is 10.8 Å². The summed E-state index contributed by atoms with van der Waals surface area (Å²) in [7, 11) is 0. The first-order valence-corrected chi connectivity index (χ1v) is 8.05. The minimum atomic E-state index is -0.618. The Morgan fingerprint density at radius 1 is 1.32 bits per heavy atom. The van der Waals surface area contributed by atoms with Crippen molar-refractivity contribution in [3.05, 3.63) is 0 Å². The van der Waals surface area contributed by atoms with Gasteiger partial charge >= 0.3 is 12.1 Å². The summed E-state index contributed by atoms with van der Waals surface area (Å²) in [6.45, 7) is 12.4. The molecule has 0 aromatic heterocycles. The third kappa shape index (κ3) is 5.85. The van der Waals surface area contributed by atoms with Gasteiger partial charge in [-0.05, 0) is 31.6 Å². The van der Waals surface area contributed by atoms with Crippen LogP contribution < -0.4 is 0 Å². The Morgan fingerprint density at radius 3 is 2.45 bits per heavy atom. The fraction of sp³-hybridized carbons (Fsp3) is 0.882. The smallest absolute Gasteiger partial charge is 0.462 e. The van der Waals surface area contributed by atoms with Gasteiger partial charge in [0, 0.05) is 11.8 Å². The Balaban J connectivity index is 2.24. The van der Waals surface area contributed by atoms with Gasteiger partial charge < -0.3 is 14.2 Å². The maximum absolute atomic E-state index is 11.6. The lowest BCUT2D eigenvalue weighted by Gasteiger charge is -2.30. The second kappa shape index (κ2) is 7.34. The maximum Gasteiger partial charge on any atom is 0.508 e. The van der Waals surface area contributed by atoms with Gasteiger partial charge in [-0.15, -0.1) is 0 Å². The molecule has 0 aromatic rings. The number of carbonyl (C=O) groups is 2. The number of esters is 1. The van der Waals surface area contributed by atoms with Gasteiger partial charge in [0.05, 0.1) is 6.61 Å². The third-order valence-electron chi connectivity index (χ3n) is 4.43. The predicted molar refractivity (Wildman–Crippen MR) is 83.5 cm³/mol. The minimum absolute atomic E-state index is 0.0344. The van der Waals surface area contributed by atoms with Crippen LogP contribution in [0, 0.1) is 10.8 Å². The molecule has 0 amide bonds. The lowest BCUT2D eigenvalue weighted by Crippen LogP contribution is -2.30. The molecule has 1 unspecified atom stereocenters. The second-order valence-corrected chi connectivity index (χ2v) is 7.83. The van der Waals surface area contributed by atoms with E-state index >= 15 is 0 Å². The monoisotopic (exact) mass is 314 g/mol. The summed E-state index contributed by atoms with van der Waals surface area (Å²) in [6.07, 6.45) is 1.97. The van der Waals surface area contributed by atoms with Crippen LogP contribution in [0.4, 0.5) is 4.79 Å². The molecule has 1 rings (SSSR count). The zero-order chi connectivity index (χ0) is 17.0. The molecule has 0 saturated carbocycles. The van der Waals surface area contributed by atoms with Gasteiger partial charge in [-0.2, -0.15) is 0 Å². The first-order valence-electron chi connectivity index (χ1n) is 8.05. The summed E-state index contributed by atoms with van der Waals surface area (Å²) in [4.78, 5) is 22.8. The van der Waals surface area contributed by atoms with Crippen LogP contribution in [0.25, 0.3) is 0 Å². The van der Waals surface area contributed by atoms with Crippen molar-refractivity contribution in [3.8, 4) is 0 Å². The molecule has 0 aromatic carbocycles. The molecule has 0 spiro atoms. The van der Waals surface area contributed by atoms with Crippen LogP contribution in [0.3, 0.4) is 0 Å². The molecule has 2 atom stereocenters. The lowest BCUT2D eigenvalue weighted by molar-refractivity contribution is -0.145. The van der Waals surface area contributed by atoms with E-state index in [0.717, 1.165) is 19.3 Å². The molecule has 0 radical (unpaired) electrons. The Bertz CT molecular complexity index is 394. The summed E-state index contributed by atoms with van der Waals surface area (Å²) in [5, 5.41) is 0. The van der Waals surface area contributed by atoms with Crippen LogP contribution in [0.2, 0.25) is 0 Å². The highest BCUT2D eigenvalue weighted by molar-refractivity contribution is 5.71. The van der Waals surface area contributed by atoms with E-state index in [4.69, 9.17) is 14.2 Å². The van der Waals surface area contributed by atoms with Crippen LogP contribution in [0.1, 0.15) is 67.2 Å². The maximum atomic E-state index is 11.6. The average Bonchev–Trinajstić information content (AvgIpc) is 2.81. The molecular weight excluding hydrogens is 284 g/mol. The normalized spacial score (nSPS) is 20.5. The van der Waals surface area contributed by atoms with E-state index in [1.807, 2.05) is 27.7 Å². The van der Waals surface area contributed by atoms with Crippen LogP contribution in [-0.2, 0) is 19.0 Å². The van der Waals surface area contributed by atoms with E-state index in [9.17, 15) is 9.59 Å². The molecule has 0 bridgehead atoms. The number of cyclic esters (lactones) is 1. The highest BCUT2D eigenvalue weighted by Gasteiger charge is 2.36. The average molecular weight is 314 g/mol. The lowest BCUT2D eigenvalue weighted by atomic mass is 9.81. The van der Waals surface area contributed by atoms with Crippen molar-refractivity contribution >= 4 is 12.1 Å². The summed E-state index contributed by atoms with van der Waals surface area (Å²) in [6, 6.07) is 0. The fourth-order valence-corrected chi connectivity index (χ4v) is 2.28. The fourth-order valence-electron chi connectivity index (χ4n) is 2.28. The zero-order valence-electron chi connectivity index (χ0n) is 14.7. The second-order valence-electron chi connectivity index (χ2n) is 7.83.